The van der Waals surface area contributed by atoms with Gasteiger partial charge in [0.15, 0.2) is 18.3 Å². The summed E-state index contributed by atoms with van der Waals surface area (Å²) in [5, 5.41) is 33.6. The van der Waals surface area contributed by atoms with Gasteiger partial charge in [-0.05, 0) is 103 Å². The normalized spacial score (nSPS) is 20.1. The van der Waals surface area contributed by atoms with E-state index >= 15 is 0 Å². The van der Waals surface area contributed by atoms with E-state index in [-0.39, 0.29) is 52.9 Å². The molecule has 9 nitrogen and oxygen atoms in total. The summed E-state index contributed by atoms with van der Waals surface area (Å²) >= 11 is 0. The third-order valence-corrected chi connectivity index (χ3v) is 9.81. The zero-order valence-electron chi connectivity index (χ0n) is 36.9. The number of hydrogen-bond acceptors (Lipinski definition) is 9. The van der Waals surface area contributed by atoms with E-state index in [1.165, 1.54) is 0 Å². The van der Waals surface area contributed by atoms with Crippen molar-refractivity contribution in [3.63, 3.8) is 0 Å². The van der Waals surface area contributed by atoms with Crippen LogP contribution in [0.5, 0.6) is 0 Å². The molecule has 0 aromatic rings. The molecule has 0 saturated heterocycles. The first kappa shape index (κ1) is 51.8. The van der Waals surface area contributed by atoms with E-state index in [9.17, 15) is 29.7 Å². The fraction of sp³-hybridized carbons (Fsp3) is 0.667. The molecule has 55 heavy (non-hydrogen) atoms. The Morgan fingerprint density at radius 2 is 0.564 bits per heavy atom. The number of allylic oxidation sites excluding steroid dienone is 6. The number of carboxylic acids is 3. The van der Waals surface area contributed by atoms with E-state index in [1.54, 1.807) is 18.8 Å². The number of rotatable bonds is 12. The molecule has 3 unspecified atom stereocenters. The minimum Gasteiger partial charge on any atom is -0.546 e. The van der Waals surface area contributed by atoms with Crippen LogP contribution in [0, 0.1) is 53.3 Å². The van der Waals surface area contributed by atoms with E-state index in [1.807, 2.05) is 41.5 Å². The maximum Gasteiger partial charge on any atom is 3.00 e. The zero-order chi connectivity index (χ0) is 42.1. The van der Waals surface area contributed by atoms with E-state index in [4.69, 9.17) is 14.2 Å². The van der Waals surface area contributed by atoms with Crippen molar-refractivity contribution in [3.8, 4) is 0 Å². The molecule has 0 bridgehead atoms. The minimum atomic E-state index is -1.16. The Morgan fingerprint density at radius 1 is 0.382 bits per heavy atom. The SMILES string of the molecule is CC(C)C1=COC(C(=O)[O-])C(C(C)C)=C1C(C)C.CC(C)C1=COC(C(=O)[O-])C(C(C)C)=C1C(C)C.CC(C)C1=COC(C(=O)[O-])C(C(C)C)=C1C(C)C.[Al+3]. The maximum absolute atomic E-state index is 11.2. The summed E-state index contributed by atoms with van der Waals surface area (Å²) in [6.45, 7) is 37.1. The van der Waals surface area contributed by atoms with Crippen LogP contribution in [0.2, 0.25) is 0 Å². The number of hydrogen-bond donors (Lipinski definition) is 0. The fourth-order valence-corrected chi connectivity index (χ4v) is 7.49. The molecule has 0 aromatic heterocycles. The topological polar surface area (TPSA) is 148 Å². The van der Waals surface area contributed by atoms with Crippen molar-refractivity contribution in [3.05, 3.63) is 68.9 Å². The molecule has 3 heterocycles. The summed E-state index contributed by atoms with van der Waals surface area (Å²) in [6.07, 6.45) is 1.99. The minimum absolute atomic E-state index is 0. The molecule has 0 radical (unpaired) electrons. The van der Waals surface area contributed by atoms with E-state index < -0.39 is 36.2 Å². The molecule has 0 saturated carbocycles. The van der Waals surface area contributed by atoms with Crippen LogP contribution in [0.3, 0.4) is 0 Å². The van der Waals surface area contributed by atoms with Crippen LogP contribution in [0.25, 0.3) is 0 Å². The van der Waals surface area contributed by atoms with E-state index in [0.717, 1.165) is 50.2 Å². The molecule has 0 spiro atoms. The van der Waals surface area contributed by atoms with Crippen molar-refractivity contribution >= 4 is 35.3 Å². The molecule has 306 valence electrons. The van der Waals surface area contributed by atoms with Gasteiger partial charge < -0.3 is 43.9 Å². The van der Waals surface area contributed by atoms with Crippen LogP contribution in [0.4, 0.5) is 0 Å². The summed E-state index contributed by atoms with van der Waals surface area (Å²) in [4.78, 5) is 33.6. The Kier molecular flexibility index (Phi) is 21.2. The number of aliphatic carboxylic acids is 3. The molecular formula is C45H69AlO9. The predicted molar refractivity (Wildman–Crippen MR) is 214 cm³/mol. The maximum atomic E-state index is 11.2. The summed E-state index contributed by atoms with van der Waals surface area (Å²) in [5.41, 5.74) is 9.26. The Bertz CT molecular complexity index is 1350. The molecule has 3 aliphatic rings. The Hall–Kier alpha value is -3.22. The average molecular weight is 781 g/mol. The van der Waals surface area contributed by atoms with Crippen molar-refractivity contribution in [2.75, 3.05) is 0 Å². The van der Waals surface area contributed by atoms with Crippen molar-refractivity contribution in [1.82, 2.24) is 0 Å². The first-order chi connectivity index (χ1) is 24.8. The average Bonchev–Trinajstić information content (AvgIpc) is 3.05. The Morgan fingerprint density at radius 3 is 0.673 bits per heavy atom. The van der Waals surface area contributed by atoms with Gasteiger partial charge in [0.25, 0.3) is 0 Å². The molecular weight excluding hydrogens is 711 g/mol. The molecule has 3 atom stereocenters. The fourth-order valence-electron chi connectivity index (χ4n) is 7.49. The second-order valence-electron chi connectivity index (χ2n) is 17.2. The van der Waals surface area contributed by atoms with Crippen LogP contribution >= 0.6 is 0 Å². The quantitative estimate of drug-likeness (QED) is 0.203. The second kappa shape index (κ2) is 22.5. The van der Waals surface area contributed by atoms with Gasteiger partial charge in [-0.3, -0.25) is 0 Å². The van der Waals surface area contributed by atoms with Gasteiger partial charge in [0.2, 0.25) is 0 Å². The van der Waals surface area contributed by atoms with E-state index in [0.29, 0.717) is 17.8 Å². The van der Waals surface area contributed by atoms with Gasteiger partial charge in [-0.25, -0.2) is 0 Å². The molecule has 0 amide bonds. The van der Waals surface area contributed by atoms with Gasteiger partial charge in [-0.15, -0.1) is 0 Å². The van der Waals surface area contributed by atoms with Crippen LogP contribution in [0.15, 0.2) is 68.9 Å². The van der Waals surface area contributed by atoms with Gasteiger partial charge in [0.1, 0.15) is 0 Å². The number of ether oxygens (including phenoxy) is 3. The second-order valence-corrected chi connectivity index (χ2v) is 17.2. The molecule has 0 aromatic carbocycles. The van der Waals surface area contributed by atoms with Gasteiger partial charge in [0, 0.05) is 0 Å². The molecule has 0 fully saturated rings. The Balaban J connectivity index is 0.000000788. The van der Waals surface area contributed by atoms with Crippen LogP contribution in [0.1, 0.15) is 125 Å². The summed E-state index contributed by atoms with van der Waals surface area (Å²) in [6, 6.07) is 0. The van der Waals surface area contributed by atoms with Gasteiger partial charge in [-0.1, -0.05) is 125 Å². The van der Waals surface area contributed by atoms with Gasteiger partial charge in [-0.2, -0.15) is 0 Å². The van der Waals surface area contributed by atoms with E-state index in [2.05, 4.69) is 83.1 Å². The van der Waals surface area contributed by atoms with Crippen LogP contribution in [-0.2, 0) is 28.6 Å². The Labute approximate surface area is 343 Å². The summed E-state index contributed by atoms with van der Waals surface area (Å²) < 4.78 is 16.2. The summed E-state index contributed by atoms with van der Waals surface area (Å²) in [5.74, 6) is -1.28. The van der Waals surface area contributed by atoms with Crippen LogP contribution < -0.4 is 15.3 Å². The number of carbonyl (C=O) groups excluding carboxylic acids is 3. The first-order valence-electron chi connectivity index (χ1n) is 19.7. The van der Waals surface area contributed by atoms with Crippen molar-refractivity contribution in [2.45, 2.75) is 143 Å². The van der Waals surface area contributed by atoms with Gasteiger partial charge >= 0.3 is 17.4 Å². The third-order valence-electron chi connectivity index (χ3n) is 9.81. The molecule has 3 aliphatic heterocycles. The smallest absolute Gasteiger partial charge is 0.546 e. The third kappa shape index (κ3) is 13.2. The van der Waals surface area contributed by atoms with Crippen LogP contribution in [-0.4, -0.2) is 53.6 Å². The zero-order valence-corrected chi connectivity index (χ0v) is 38.1. The molecule has 0 aliphatic carbocycles. The first-order valence-corrected chi connectivity index (χ1v) is 19.7. The largest absolute Gasteiger partial charge is 3.00 e. The van der Waals surface area contributed by atoms with Crippen molar-refractivity contribution < 1.29 is 43.9 Å². The van der Waals surface area contributed by atoms with Gasteiger partial charge in [0.05, 0.1) is 36.7 Å². The van der Waals surface area contributed by atoms with Crippen molar-refractivity contribution in [2.24, 2.45) is 53.3 Å². The number of carboxylic acid groups (broad SMARTS) is 3. The van der Waals surface area contributed by atoms with Crippen molar-refractivity contribution in [1.29, 1.82) is 0 Å². The standard InChI is InChI=1S/3C15H24O3.Al/c3*1-8(2)11-7-18-14(15(16)17)13(10(5)6)12(11)9(3)4;/h3*7-10,14H,1-6H3,(H,16,17);/q;;;+3/p-3. The number of carbonyl (C=O) groups is 3. The molecule has 3 rings (SSSR count). The molecule has 10 heteroatoms. The molecule has 0 N–H and O–H groups in total. The monoisotopic (exact) mass is 780 g/mol. The predicted octanol–water partition coefficient (Wildman–Crippen LogP) is 6.47. The summed E-state index contributed by atoms with van der Waals surface area (Å²) in [7, 11) is 0.